The van der Waals surface area contributed by atoms with E-state index in [0.29, 0.717) is 0 Å². The van der Waals surface area contributed by atoms with Crippen molar-refractivity contribution in [1.82, 2.24) is 10.9 Å². The lowest BCUT2D eigenvalue weighted by Crippen LogP contribution is -2.48. The molecule has 0 bridgehead atoms. The van der Waals surface area contributed by atoms with Gasteiger partial charge in [-0.05, 0) is 20.8 Å². The van der Waals surface area contributed by atoms with Gasteiger partial charge in [0.15, 0.2) is 0 Å². The molecule has 1 atom stereocenters. The van der Waals surface area contributed by atoms with Gasteiger partial charge in [0.1, 0.15) is 0 Å². The van der Waals surface area contributed by atoms with Crippen LogP contribution in [-0.4, -0.2) is 18.0 Å². The normalized spacial score (nSPS) is 12.1. The third kappa shape index (κ3) is 7.58. The van der Waals surface area contributed by atoms with E-state index >= 15 is 0 Å². The van der Waals surface area contributed by atoms with Crippen LogP contribution in [0.1, 0.15) is 20.8 Å². The molecule has 68 valence electrons. The summed E-state index contributed by atoms with van der Waals surface area (Å²) in [6, 6.07) is -0.214. The molecule has 0 radical (unpaired) electrons. The molecular formula is C6H16ClN3O. The summed E-state index contributed by atoms with van der Waals surface area (Å²) in [5, 5.41) is 0. The predicted molar refractivity (Wildman–Crippen MR) is 47.3 cm³/mol. The number of hydrogen-bond acceptors (Lipinski definition) is 3. The number of nitrogens with two attached hydrogens (primary N) is 1. The first kappa shape index (κ1) is 13.3. The molecule has 0 heterocycles. The van der Waals surface area contributed by atoms with Crippen LogP contribution >= 0.6 is 12.4 Å². The molecule has 0 aromatic carbocycles. The fourth-order valence-electron chi connectivity index (χ4n) is 0.329. The van der Waals surface area contributed by atoms with Crippen LogP contribution in [0.3, 0.4) is 0 Å². The highest BCUT2D eigenvalue weighted by molar-refractivity contribution is 5.85. The van der Waals surface area contributed by atoms with Crippen LogP contribution in [0.15, 0.2) is 0 Å². The summed E-state index contributed by atoms with van der Waals surface area (Å²) < 4.78 is 0. The van der Waals surface area contributed by atoms with Crippen molar-refractivity contribution < 1.29 is 4.79 Å². The number of carbonyl (C=O) groups excluding carboxylic acids is 1. The number of halogens is 1. The number of rotatable bonds is 3. The molecule has 4 nitrogen and oxygen atoms in total. The molecule has 1 amide bonds. The Kier molecular flexibility index (Phi) is 7.72. The van der Waals surface area contributed by atoms with Gasteiger partial charge < -0.3 is 5.73 Å². The van der Waals surface area contributed by atoms with Crippen LogP contribution in [0.25, 0.3) is 0 Å². The van der Waals surface area contributed by atoms with Gasteiger partial charge in [-0.15, -0.1) is 12.4 Å². The second-order valence-electron chi connectivity index (χ2n) is 2.58. The maximum Gasteiger partial charge on any atom is 0.250 e. The number of hydrazine groups is 1. The van der Waals surface area contributed by atoms with E-state index in [1.807, 2.05) is 13.8 Å². The summed E-state index contributed by atoms with van der Waals surface area (Å²) in [5.41, 5.74) is 10.5. The molecule has 4 N–H and O–H groups in total. The maximum absolute atomic E-state index is 10.7. The second kappa shape index (κ2) is 6.39. The van der Waals surface area contributed by atoms with Crippen molar-refractivity contribution in [2.75, 3.05) is 0 Å². The molecule has 0 spiro atoms. The second-order valence-corrected chi connectivity index (χ2v) is 2.58. The largest absolute Gasteiger partial charge is 0.320 e. The first-order valence-electron chi connectivity index (χ1n) is 3.35. The SMILES string of the molecule is CC(C)NNC(=O)C(C)N.Cl. The summed E-state index contributed by atoms with van der Waals surface area (Å²) in [7, 11) is 0. The topological polar surface area (TPSA) is 67.1 Å². The zero-order valence-electron chi connectivity index (χ0n) is 7.05. The Hall–Kier alpha value is -0.320. The number of hydrogen-bond donors (Lipinski definition) is 3. The third-order valence-electron chi connectivity index (χ3n) is 0.898. The molecule has 0 fully saturated rings. The highest BCUT2D eigenvalue weighted by atomic mass is 35.5. The molecule has 0 aromatic rings. The summed E-state index contributed by atoms with van der Waals surface area (Å²) in [4.78, 5) is 10.7. The van der Waals surface area contributed by atoms with Gasteiger partial charge in [-0.2, -0.15) is 0 Å². The summed E-state index contributed by atoms with van der Waals surface area (Å²) in [6.07, 6.45) is 0. The van der Waals surface area contributed by atoms with Crippen molar-refractivity contribution in [2.24, 2.45) is 5.73 Å². The van der Waals surface area contributed by atoms with E-state index in [1.165, 1.54) is 0 Å². The molecule has 0 aliphatic carbocycles. The van der Waals surface area contributed by atoms with E-state index in [2.05, 4.69) is 10.9 Å². The van der Waals surface area contributed by atoms with Crippen molar-refractivity contribution in [3.63, 3.8) is 0 Å². The molecule has 0 aromatic heterocycles. The third-order valence-corrected chi connectivity index (χ3v) is 0.898. The van der Waals surface area contributed by atoms with Gasteiger partial charge in [-0.3, -0.25) is 10.2 Å². The lowest BCUT2D eigenvalue weighted by Gasteiger charge is -2.11. The maximum atomic E-state index is 10.7. The van der Waals surface area contributed by atoms with Gasteiger partial charge in [0.25, 0.3) is 5.91 Å². The van der Waals surface area contributed by atoms with E-state index in [9.17, 15) is 4.79 Å². The average Bonchev–Trinajstić information content (AvgIpc) is 1.82. The van der Waals surface area contributed by atoms with Crippen molar-refractivity contribution in [2.45, 2.75) is 32.9 Å². The Morgan fingerprint density at radius 3 is 2.09 bits per heavy atom. The molecule has 5 heteroatoms. The predicted octanol–water partition coefficient (Wildman–Crippen LogP) is -0.215. The monoisotopic (exact) mass is 181 g/mol. The Morgan fingerprint density at radius 1 is 1.36 bits per heavy atom. The molecule has 0 aliphatic rings. The highest BCUT2D eigenvalue weighted by Gasteiger charge is 2.05. The summed E-state index contributed by atoms with van der Waals surface area (Å²) >= 11 is 0. The van der Waals surface area contributed by atoms with Crippen LogP contribution in [0.4, 0.5) is 0 Å². The molecule has 11 heavy (non-hydrogen) atoms. The van der Waals surface area contributed by atoms with E-state index in [0.717, 1.165) is 0 Å². The minimum atomic E-state index is -0.453. The van der Waals surface area contributed by atoms with Crippen molar-refractivity contribution in [1.29, 1.82) is 0 Å². The van der Waals surface area contributed by atoms with Gasteiger partial charge in [-0.1, -0.05) is 0 Å². The summed E-state index contributed by atoms with van der Waals surface area (Å²) in [5.74, 6) is -0.186. The van der Waals surface area contributed by atoms with Crippen molar-refractivity contribution in [3.8, 4) is 0 Å². The molecule has 0 saturated carbocycles. The van der Waals surface area contributed by atoms with Crippen LogP contribution in [0.2, 0.25) is 0 Å². The Labute approximate surface area is 73.3 Å². The van der Waals surface area contributed by atoms with Crippen LogP contribution in [0, 0.1) is 0 Å². The minimum Gasteiger partial charge on any atom is -0.320 e. The van der Waals surface area contributed by atoms with Gasteiger partial charge >= 0.3 is 0 Å². The average molecular weight is 182 g/mol. The zero-order valence-corrected chi connectivity index (χ0v) is 7.87. The Bertz CT molecular complexity index is 116. The first-order valence-corrected chi connectivity index (χ1v) is 3.35. The highest BCUT2D eigenvalue weighted by Crippen LogP contribution is 1.74. The fraction of sp³-hybridized carbons (Fsp3) is 0.833. The van der Waals surface area contributed by atoms with Crippen molar-refractivity contribution >= 4 is 18.3 Å². The van der Waals surface area contributed by atoms with E-state index in [4.69, 9.17) is 5.73 Å². The van der Waals surface area contributed by atoms with Crippen LogP contribution in [-0.2, 0) is 4.79 Å². The van der Waals surface area contributed by atoms with Gasteiger partial charge in [-0.25, -0.2) is 5.43 Å². The number of nitrogens with one attached hydrogen (secondary N) is 2. The minimum absolute atomic E-state index is 0. The molecule has 0 rings (SSSR count). The van der Waals surface area contributed by atoms with Gasteiger partial charge in [0.05, 0.1) is 6.04 Å². The first-order chi connectivity index (χ1) is 4.54. The Balaban J connectivity index is 0. The van der Waals surface area contributed by atoms with E-state index in [-0.39, 0.29) is 24.4 Å². The van der Waals surface area contributed by atoms with Gasteiger partial charge in [0, 0.05) is 6.04 Å². The van der Waals surface area contributed by atoms with Crippen LogP contribution in [0.5, 0.6) is 0 Å². The lowest BCUT2D eigenvalue weighted by molar-refractivity contribution is -0.123. The standard InChI is InChI=1S/C6H15N3O.ClH/c1-4(2)8-9-6(10)5(3)7;/h4-5,8H,7H2,1-3H3,(H,9,10);1H. The van der Waals surface area contributed by atoms with Crippen molar-refractivity contribution in [3.05, 3.63) is 0 Å². The quantitative estimate of drug-likeness (QED) is 0.528. The Morgan fingerprint density at radius 2 is 1.82 bits per heavy atom. The van der Waals surface area contributed by atoms with Crippen LogP contribution < -0.4 is 16.6 Å². The fourth-order valence-corrected chi connectivity index (χ4v) is 0.329. The number of carbonyl (C=O) groups is 1. The smallest absolute Gasteiger partial charge is 0.250 e. The zero-order chi connectivity index (χ0) is 8.15. The molecule has 1 unspecified atom stereocenters. The van der Waals surface area contributed by atoms with Gasteiger partial charge in [0.2, 0.25) is 0 Å². The van der Waals surface area contributed by atoms with E-state index in [1.54, 1.807) is 6.92 Å². The molecule has 0 saturated heterocycles. The lowest BCUT2D eigenvalue weighted by atomic mass is 10.3. The molecule has 0 aliphatic heterocycles. The number of amides is 1. The summed E-state index contributed by atoms with van der Waals surface area (Å²) in [6.45, 7) is 5.50. The molecular weight excluding hydrogens is 166 g/mol. The van der Waals surface area contributed by atoms with E-state index < -0.39 is 6.04 Å².